The van der Waals surface area contributed by atoms with E-state index >= 15 is 0 Å². The summed E-state index contributed by atoms with van der Waals surface area (Å²) < 4.78 is 5.30. The molecule has 3 rings (SSSR count). The van der Waals surface area contributed by atoms with Crippen molar-refractivity contribution in [2.45, 2.75) is 31.5 Å². The molecular formula is C18H21ClN2O2. The van der Waals surface area contributed by atoms with Crippen LogP contribution in [-0.2, 0) is 23.4 Å². The van der Waals surface area contributed by atoms with Gasteiger partial charge in [-0.2, -0.15) is 0 Å². The fourth-order valence-electron chi connectivity index (χ4n) is 2.53. The molecular weight excluding hydrogens is 312 g/mol. The minimum Gasteiger partial charge on any atom is -0.445 e. The Bertz CT molecular complexity index is 640. The second kappa shape index (κ2) is 7.49. The molecule has 0 aromatic heterocycles. The molecule has 5 heteroatoms. The number of rotatable bonds is 5. The number of amides is 1. The van der Waals surface area contributed by atoms with Crippen LogP contribution in [0, 0.1) is 0 Å². The molecule has 0 spiro atoms. The van der Waals surface area contributed by atoms with E-state index in [2.05, 4.69) is 5.32 Å². The highest BCUT2D eigenvalue weighted by Gasteiger charge is 2.46. The lowest BCUT2D eigenvalue weighted by Gasteiger charge is -2.18. The lowest BCUT2D eigenvalue weighted by atomic mass is 10.0. The van der Waals surface area contributed by atoms with Crippen molar-refractivity contribution in [1.82, 2.24) is 5.32 Å². The van der Waals surface area contributed by atoms with Crippen LogP contribution in [0.4, 0.5) is 4.79 Å². The maximum Gasteiger partial charge on any atom is 0.408 e. The fourth-order valence-corrected chi connectivity index (χ4v) is 2.53. The van der Waals surface area contributed by atoms with Gasteiger partial charge in [0.1, 0.15) is 6.61 Å². The van der Waals surface area contributed by atoms with Gasteiger partial charge in [0.25, 0.3) is 0 Å². The molecule has 4 nitrogen and oxygen atoms in total. The SMILES string of the molecule is Cl.NCc1ccc(C2(NC(=O)OCc3ccccc3)CC2)cc1. The lowest BCUT2D eigenvalue weighted by molar-refractivity contribution is 0.134. The number of hydrogen-bond donors (Lipinski definition) is 2. The minimum absolute atomic E-state index is 0. The molecule has 1 aliphatic rings. The molecule has 3 N–H and O–H groups in total. The third-order valence-electron chi connectivity index (χ3n) is 4.05. The van der Waals surface area contributed by atoms with Crippen LogP contribution >= 0.6 is 12.4 Å². The van der Waals surface area contributed by atoms with E-state index in [1.54, 1.807) is 0 Å². The van der Waals surface area contributed by atoms with Gasteiger partial charge in [-0.3, -0.25) is 0 Å². The molecule has 1 aliphatic carbocycles. The van der Waals surface area contributed by atoms with Crippen LogP contribution < -0.4 is 11.1 Å². The number of carbonyl (C=O) groups is 1. The van der Waals surface area contributed by atoms with E-state index in [1.165, 1.54) is 0 Å². The van der Waals surface area contributed by atoms with E-state index in [9.17, 15) is 4.79 Å². The fraction of sp³-hybridized carbons (Fsp3) is 0.278. The summed E-state index contributed by atoms with van der Waals surface area (Å²) in [4.78, 5) is 12.0. The molecule has 0 unspecified atom stereocenters. The van der Waals surface area contributed by atoms with Crippen molar-refractivity contribution in [3.8, 4) is 0 Å². The van der Waals surface area contributed by atoms with Crippen LogP contribution in [-0.4, -0.2) is 6.09 Å². The zero-order valence-electron chi connectivity index (χ0n) is 12.8. The third kappa shape index (κ3) is 4.24. The number of hydrogen-bond acceptors (Lipinski definition) is 3. The van der Waals surface area contributed by atoms with Crippen LogP contribution in [0.25, 0.3) is 0 Å². The van der Waals surface area contributed by atoms with Gasteiger partial charge in [-0.1, -0.05) is 54.6 Å². The van der Waals surface area contributed by atoms with Crippen molar-refractivity contribution in [2.24, 2.45) is 5.73 Å². The van der Waals surface area contributed by atoms with Crippen LogP contribution in [0.5, 0.6) is 0 Å². The highest BCUT2D eigenvalue weighted by molar-refractivity contribution is 5.85. The number of ether oxygens (including phenoxy) is 1. The predicted octanol–water partition coefficient (Wildman–Crippen LogP) is 3.48. The quantitative estimate of drug-likeness (QED) is 0.881. The number of nitrogens with one attached hydrogen (secondary N) is 1. The smallest absolute Gasteiger partial charge is 0.408 e. The molecule has 122 valence electrons. The van der Waals surface area contributed by atoms with Gasteiger partial charge in [0.05, 0.1) is 5.54 Å². The Labute approximate surface area is 142 Å². The van der Waals surface area contributed by atoms with Crippen molar-refractivity contribution < 1.29 is 9.53 Å². The minimum atomic E-state index is -0.371. The van der Waals surface area contributed by atoms with Gasteiger partial charge in [-0.15, -0.1) is 12.4 Å². The second-order valence-corrected chi connectivity index (χ2v) is 5.67. The maximum absolute atomic E-state index is 12.0. The Balaban J connectivity index is 0.00000192. The molecule has 2 aromatic rings. The second-order valence-electron chi connectivity index (χ2n) is 5.67. The molecule has 0 radical (unpaired) electrons. The summed E-state index contributed by atoms with van der Waals surface area (Å²) in [6.07, 6.45) is 1.51. The van der Waals surface area contributed by atoms with Crippen molar-refractivity contribution in [1.29, 1.82) is 0 Å². The summed E-state index contributed by atoms with van der Waals surface area (Å²) in [6, 6.07) is 17.7. The summed E-state index contributed by atoms with van der Waals surface area (Å²) in [5.41, 5.74) is 8.53. The highest BCUT2D eigenvalue weighted by atomic mass is 35.5. The molecule has 0 heterocycles. The highest BCUT2D eigenvalue weighted by Crippen LogP contribution is 2.45. The normalized spacial score (nSPS) is 14.5. The van der Waals surface area contributed by atoms with Gasteiger partial charge in [-0.05, 0) is 29.5 Å². The van der Waals surface area contributed by atoms with Gasteiger partial charge >= 0.3 is 6.09 Å². The summed E-state index contributed by atoms with van der Waals surface area (Å²) in [5.74, 6) is 0. The van der Waals surface area contributed by atoms with E-state index in [1.807, 2.05) is 54.6 Å². The Morgan fingerprint density at radius 3 is 2.26 bits per heavy atom. The first-order chi connectivity index (χ1) is 10.7. The number of halogens is 1. The average molecular weight is 333 g/mol. The molecule has 0 bridgehead atoms. The molecule has 1 saturated carbocycles. The molecule has 2 aromatic carbocycles. The predicted molar refractivity (Wildman–Crippen MR) is 92.3 cm³/mol. The van der Waals surface area contributed by atoms with Crippen LogP contribution in [0.15, 0.2) is 54.6 Å². The third-order valence-corrected chi connectivity index (χ3v) is 4.05. The first kappa shape index (κ1) is 17.3. The van der Waals surface area contributed by atoms with Gasteiger partial charge < -0.3 is 15.8 Å². The molecule has 0 aliphatic heterocycles. The summed E-state index contributed by atoms with van der Waals surface area (Å²) in [6.45, 7) is 0.814. The first-order valence-corrected chi connectivity index (χ1v) is 7.50. The van der Waals surface area contributed by atoms with Gasteiger partial charge in [0, 0.05) is 6.54 Å². The molecule has 1 fully saturated rings. The Morgan fingerprint density at radius 2 is 1.70 bits per heavy atom. The van der Waals surface area contributed by atoms with Crippen molar-refractivity contribution in [3.63, 3.8) is 0 Å². The van der Waals surface area contributed by atoms with E-state index in [0.29, 0.717) is 6.54 Å². The Morgan fingerprint density at radius 1 is 1.04 bits per heavy atom. The Hall–Kier alpha value is -2.04. The van der Waals surface area contributed by atoms with E-state index < -0.39 is 0 Å². The maximum atomic E-state index is 12.0. The van der Waals surface area contributed by atoms with Crippen LogP contribution in [0.2, 0.25) is 0 Å². The summed E-state index contributed by atoms with van der Waals surface area (Å²) in [7, 11) is 0. The van der Waals surface area contributed by atoms with E-state index in [4.69, 9.17) is 10.5 Å². The van der Waals surface area contributed by atoms with Gasteiger partial charge in [0.2, 0.25) is 0 Å². The number of nitrogens with two attached hydrogens (primary N) is 1. The number of benzene rings is 2. The van der Waals surface area contributed by atoms with E-state index in [0.717, 1.165) is 29.5 Å². The summed E-state index contributed by atoms with van der Waals surface area (Å²) >= 11 is 0. The average Bonchev–Trinajstić information content (AvgIpc) is 3.35. The standard InChI is InChI=1S/C18H20N2O2.ClH/c19-12-14-6-8-16(9-7-14)18(10-11-18)20-17(21)22-13-15-4-2-1-3-5-15;/h1-9H,10-13,19H2,(H,20,21);1H. The topological polar surface area (TPSA) is 64.3 Å². The van der Waals surface area contributed by atoms with Gasteiger partial charge in [-0.25, -0.2) is 4.79 Å². The Kier molecular flexibility index (Phi) is 5.64. The van der Waals surface area contributed by atoms with Crippen LogP contribution in [0.3, 0.4) is 0 Å². The zero-order chi connectivity index (χ0) is 15.4. The molecule has 23 heavy (non-hydrogen) atoms. The molecule has 0 atom stereocenters. The van der Waals surface area contributed by atoms with Crippen LogP contribution in [0.1, 0.15) is 29.5 Å². The lowest BCUT2D eigenvalue weighted by Crippen LogP contribution is -2.35. The van der Waals surface area contributed by atoms with Crippen molar-refractivity contribution in [2.75, 3.05) is 0 Å². The molecule has 0 saturated heterocycles. The van der Waals surface area contributed by atoms with Crippen molar-refractivity contribution in [3.05, 3.63) is 71.3 Å². The first-order valence-electron chi connectivity index (χ1n) is 7.50. The van der Waals surface area contributed by atoms with Crippen molar-refractivity contribution >= 4 is 18.5 Å². The summed E-state index contributed by atoms with van der Waals surface area (Å²) in [5, 5.41) is 3.00. The van der Waals surface area contributed by atoms with E-state index in [-0.39, 0.29) is 30.6 Å². The largest absolute Gasteiger partial charge is 0.445 e. The molecule has 1 amide bonds. The zero-order valence-corrected chi connectivity index (χ0v) is 13.6. The number of carbonyl (C=O) groups excluding carboxylic acids is 1. The number of alkyl carbamates (subject to hydrolysis) is 1. The van der Waals surface area contributed by atoms with Gasteiger partial charge in [0.15, 0.2) is 0 Å². The monoisotopic (exact) mass is 332 g/mol.